The normalized spacial score (nSPS) is 14.5. The maximum atomic E-state index is 14.9. The van der Waals surface area contributed by atoms with Crippen molar-refractivity contribution in [1.29, 1.82) is 0 Å². The molecule has 0 bridgehead atoms. The van der Waals surface area contributed by atoms with Crippen LogP contribution in [-0.2, 0) is 39.2 Å². The summed E-state index contributed by atoms with van der Waals surface area (Å²) >= 11 is 1.13. The van der Waals surface area contributed by atoms with Crippen LogP contribution < -0.4 is 11.5 Å². The number of fused-ring (bicyclic) bond motifs is 1. The van der Waals surface area contributed by atoms with Crippen LogP contribution >= 0.6 is 19.4 Å². The Morgan fingerprint density at radius 1 is 1.00 bits per heavy atom. The Kier molecular flexibility index (Phi) is 15.5. The number of carbonyl (C=O) groups is 2. The Bertz CT molecular complexity index is 1780. The molecule has 0 aliphatic rings. The van der Waals surface area contributed by atoms with Gasteiger partial charge in [-0.1, -0.05) is 74.5 Å². The lowest BCUT2D eigenvalue weighted by atomic mass is 9.97. The standard InChI is InChI=1S/C35H46FN6O7PS/c1-4-24(2)30(37)35(44)51-19-9-17-49-50(45,23-46-18-14-42-22-41-31-32(38)39-21-40-33(31)42)48-16-8-15-47-34(43)25(3)27-12-13-28(29(36)20-27)26-10-6-5-7-11-26/h5-7,10-13,20-22,24-25,30H,4,8-9,14-19,23,37H2,1-3H3,(H2,38,39,40)/t24-,25?,30-,50?/m0/s1. The zero-order valence-electron chi connectivity index (χ0n) is 29.1. The monoisotopic (exact) mass is 744 g/mol. The molecule has 4 rings (SSSR count). The molecule has 4 aromatic rings. The number of hydrogen-bond acceptors (Lipinski definition) is 13. The van der Waals surface area contributed by atoms with Gasteiger partial charge in [-0.15, -0.1) is 0 Å². The molecule has 0 saturated carbocycles. The van der Waals surface area contributed by atoms with Crippen LogP contribution in [0.2, 0.25) is 0 Å². The number of anilines is 1. The Morgan fingerprint density at radius 3 is 2.47 bits per heavy atom. The van der Waals surface area contributed by atoms with Crippen molar-refractivity contribution in [2.75, 3.05) is 44.3 Å². The second kappa shape index (κ2) is 19.8. The molecule has 2 aromatic heterocycles. The fraction of sp³-hybridized carbons (Fsp3) is 0.457. The van der Waals surface area contributed by atoms with Crippen LogP contribution in [0.4, 0.5) is 10.2 Å². The smallest absolute Gasteiger partial charge is 0.356 e. The number of nitrogens with zero attached hydrogens (tertiary/aromatic N) is 4. The van der Waals surface area contributed by atoms with E-state index in [1.54, 1.807) is 30.0 Å². The number of aromatic nitrogens is 4. The Balaban J connectivity index is 1.25. The number of thioether (sulfide) groups is 1. The molecular weight excluding hydrogens is 698 g/mol. The maximum absolute atomic E-state index is 14.9. The number of esters is 1. The predicted molar refractivity (Wildman–Crippen MR) is 195 cm³/mol. The van der Waals surface area contributed by atoms with Gasteiger partial charge in [0, 0.05) is 24.3 Å². The third-order valence-corrected chi connectivity index (χ3v) is 11.0. The molecular formula is C35H46FN6O7PS. The van der Waals surface area contributed by atoms with Crippen molar-refractivity contribution in [2.45, 2.75) is 58.5 Å². The van der Waals surface area contributed by atoms with E-state index in [9.17, 15) is 18.5 Å². The fourth-order valence-corrected chi connectivity index (χ4v) is 7.16. The first-order valence-electron chi connectivity index (χ1n) is 16.8. The Morgan fingerprint density at radius 2 is 1.75 bits per heavy atom. The SMILES string of the molecule is CC[C@H](C)[C@H](N)C(=O)SCCCOP(=O)(COCCn1cnc2c(N)ncnc21)OCCCOC(=O)C(C)c1ccc(-c2ccccc2)c(F)c1. The molecule has 2 heterocycles. The van der Waals surface area contributed by atoms with E-state index in [2.05, 4.69) is 15.0 Å². The van der Waals surface area contributed by atoms with Gasteiger partial charge < -0.3 is 34.6 Å². The third-order valence-electron chi connectivity index (χ3n) is 8.26. The first kappa shape index (κ1) is 40.1. The second-order valence-corrected chi connectivity index (χ2v) is 15.1. The Hall–Kier alpha value is -3.72. The van der Waals surface area contributed by atoms with Crippen molar-refractivity contribution in [3.05, 3.63) is 72.6 Å². The van der Waals surface area contributed by atoms with Crippen molar-refractivity contribution in [2.24, 2.45) is 11.7 Å². The highest BCUT2D eigenvalue weighted by Gasteiger charge is 2.26. The Labute approximate surface area is 301 Å². The molecule has 4 N–H and O–H groups in total. The number of ether oxygens (including phenoxy) is 2. The van der Waals surface area contributed by atoms with E-state index in [4.69, 9.17) is 30.0 Å². The molecule has 0 aliphatic carbocycles. The van der Waals surface area contributed by atoms with Crippen LogP contribution in [-0.4, -0.2) is 75.2 Å². The molecule has 13 nitrogen and oxygen atoms in total. The van der Waals surface area contributed by atoms with Crippen LogP contribution in [0, 0.1) is 11.7 Å². The van der Waals surface area contributed by atoms with Crippen molar-refractivity contribution in [3.8, 4) is 11.1 Å². The van der Waals surface area contributed by atoms with Crippen molar-refractivity contribution in [3.63, 3.8) is 0 Å². The van der Waals surface area contributed by atoms with Crippen LogP contribution in [0.1, 0.15) is 51.5 Å². The quantitative estimate of drug-likeness (QED) is 0.0561. The number of nitrogens with two attached hydrogens (primary N) is 2. The van der Waals surface area contributed by atoms with Crippen LogP contribution in [0.3, 0.4) is 0 Å². The van der Waals surface area contributed by atoms with Crippen LogP contribution in [0.15, 0.2) is 61.2 Å². The lowest BCUT2D eigenvalue weighted by molar-refractivity contribution is -0.145. The van der Waals surface area contributed by atoms with Gasteiger partial charge in [0.1, 0.15) is 24.0 Å². The first-order chi connectivity index (χ1) is 24.5. The molecule has 0 amide bonds. The minimum Gasteiger partial charge on any atom is -0.465 e. The van der Waals surface area contributed by atoms with Crippen LogP contribution in [0.25, 0.3) is 22.3 Å². The zero-order valence-corrected chi connectivity index (χ0v) is 30.8. The van der Waals surface area contributed by atoms with E-state index in [1.165, 1.54) is 12.4 Å². The summed E-state index contributed by atoms with van der Waals surface area (Å²) in [5.41, 5.74) is 14.6. The largest absolute Gasteiger partial charge is 0.465 e. The molecule has 0 saturated heterocycles. The van der Waals surface area contributed by atoms with E-state index in [1.807, 2.05) is 44.2 Å². The van der Waals surface area contributed by atoms with Crippen molar-refractivity contribution < 1.29 is 37.1 Å². The molecule has 0 aliphatic heterocycles. The van der Waals surface area contributed by atoms with Crippen molar-refractivity contribution >= 4 is 47.4 Å². The number of halogens is 1. The van der Waals surface area contributed by atoms with E-state index in [-0.39, 0.29) is 56.0 Å². The molecule has 2 unspecified atom stereocenters. The summed E-state index contributed by atoms with van der Waals surface area (Å²) in [7, 11) is -3.75. The average Bonchev–Trinajstić information content (AvgIpc) is 3.56. The summed E-state index contributed by atoms with van der Waals surface area (Å²) in [4.78, 5) is 37.5. The summed E-state index contributed by atoms with van der Waals surface area (Å²) in [6.07, 6.45) is 4.04. The van der Waals surface area contributed by atoms with Gasteiger partial charge in [-0.25, -0.2) is 19.3 Å². The van der Waals surface area contributed by atoms with Gasteiger partial charge in [0.05, 0.1) is 44.7 Å². The molecule has 51 heavy (non-hydrogen) atoms. The van der Waals surface area contributed by atoms with Gasteiger partial charge in [-0.3, -0.25) is 14.2 Å². The minimum absolute atomic E-state index is 0.0114. The zero-order chi connectivity index (χ0) is 36.8. The number of imidazole rings is 1. The summed E-state index contributed by atoms with van der Waals surface area (Å²) in [6, 6.07) is 13.3. The molecule has 4 atom stereocenters. The van der Waals surface area contributed by atoms with Gasteiger partial charge in [0.2, 0.25) is 5.12 Å². The number of hydrogen-bond donors (Lipinski definition) is 2. The third kappa shape index (κ3) is 11.6. The topological polar surface area (TPSA) is 184 Å². The van der Waals surface area contributed by atoms with E-state index in [0.717, 1.165) is 23.7 Å². The van der Waals surface area contributed by atoms with Gasteiger partial charge >= 0.3 is 13.6 Å². The van der Waals surface area contributed by atoms with Crippen LogP contribution in [0.5, 0.6) is 0 Å². The van der Waals surface area contributed by atoms with Gasteiger partial charge in [0.15, 0.2) is 11.5 Å². The number of carbonyl (C=O) groups excluding carboxylic acids is 2. The first-order valence-corrected chi connectivity index (χ1v) is 19.5. The maximum Gasteiger partial charge on any atom is 0.356 e. The molecule has 0 fully saturated rings. The van der Waals surface area contributed by atoms with E-state index in [0.29, 0.717) is 41.0 Å². The van der Waals surface area contributed by atoms with Gasteiger partial charge in [0.25, 0.3) is 0 Å². The van der Waals surface area contributed by atoms with E-state index < -0.39 is 31.3 Å². The predicted octanol–water partition coefficient (Wildman–Crippen LogP) is 6.18. The second-order valence-electron chi connectivity index (χ2n) is 12.0. The van der Waals surface area contributed by atoms with Gasteiger partial charge in [-0.05, 0) is 36.5 Å². The van der Waals surface area contributed by atoms with Gasteiger partial charge in [-0.2, -0.15) is 0 Å². The fourth-order valence-electron chi connectivity index (χ4n) is 4.88. The highest BCUT2D eigenvalue weighted by Crippen LogP contribution is 2.48. The molecule has 2 aromatic carbocycles. The number of rotatable bonds is 21. The molecule has 276 valence electrons. The molecule has 0 spiro atoms. The number of benzene rings is 2. The highest BCUT2D eigenvalue weighted by atomic mass is 32.2. The minimum atomic E-state index is -3.75. The summed E-state index contributed by atoms with van der Waals surface area (Å²) < 4.78 is 52.8. The lowest BCUT2D eigenvalue weighted by Crippen LogP contribution is -2.35. The number of nitrogen functional groups attached to an aromatic ring is 1. The van der Waals surface area contributed by atoms with E-state index >= 15 is 0 Å². The molecule has 0 radical (unpaired) electrons. The highest BCUT2D eigenvalue weighted by molar-refractivity contribution is 8.13. The summed E-state index contributed by atoms with van der Waals surface area (Å²) in [6.45, 7) is 6.07. The van der Waals surface area contributed by atoms with Crippen molar-refractivity contribution in [1.82, 2.24) is 19.5 Å². The molecule has 16 heteroatoms. The summed E-state index contributed by atoms with van der Waals surface area (Å²) in [5, 5.41) is -0.0932. The average molecular weight is 745 g/mol. The summed E-state index contributed by atoms with van der Waals surface area (Å²) in [5.74, 6) is -0.873. The lowest BCUT2D eigenvalue weighted by Gasteiger charge is -2.19.